The molecule has 1 fully saturated rings. The van der Waals surface area contributed by atoms with Gasteiger partial charge >= 0.3 is 0 Å². The molecule has 4 N–H and O–H groups in total. The average Bonchev–Trinajstić information content (AvgIpc) is 3.28. The lowest BCUT2D eigenvalue weighted by atomic mass is 10.2. The van der Waals surface area contributed by atoms with E-state index in [4.69, 9.17) is 20.4 Å². The number of thiazole rings is 1. The normalized spacial score (nSPS) is 16.5. The molecule has 1 aliphatic heterocycles. The molecule has 33 heavy (non-hydrogen) atoms. The lowest BCUT2D eigenvalue weighted by molar-refractivity contribution is -0.161. The van der Waals surface area contributed by atoms with Crippen LogP contribution in [0.3, 0.4) is 0 Å². The molecule has 0 spiro atoms. The molecule has 172 valence electrons. The maximum atomic E-state index is 7.78. The quantitative estimate of drug-likeness (QED) is 0.185. The molecule has 1 atom stereocenters. The minimum atomic E-state index is -0.116. The molecule has 0 amide bonds. The highest BCUT2D eigenvalue weighted by Gasteiger charge is 2.13. The van der Waals surface area contributed by atoms with Crippen LogP contribution in [0.1, 0.15) is 30.0 Å². The van der Waals surface area contributed by atoms with Gasteiger partial charge in [-0.2, -0.15) is 5.11 Å². The first-order valence-electron chi connectivity index (χ1n) is 10.8. The van der Waals surface area contributed by atoms with Crippen molar-refractivity contribution in [1.82, 2.24) is 20.3 Å². The molecule has 3 aromatic heterocycles. The van der Waals surface area contributed by atoms with Gasteiger partial charge in [0, 0.05) is 37.3 Å². The molecule has 4 heterocycles. The SMILES string of the molecule is N=C/C(=C\NCCOC1CCCCO1)c1ccc(N=N)c(NCc2nc3cccnc3s2)n1. The average molecular weight is 467 g/mol. The number of hydrogen-bond acceptors (Lipinski definition) is 11. The third-order valence-electron chi connectivity index (χ3n) is 5.01. The molecule has 1 unspecified atom stereocenters. The number of ether oxygens (including phenoxy) is 2. The lowest BCUT2D eigenvalue weighted by Gasteiger charge is -2.22. The van der Waals surface area contributed by atoms with Crippen LogP contribution in [0, 0.1) is 10.9 Å². The number of pyridine rings is 2. The van der Waals surface area contributed by atoms with Gasteiger partial charge in [0.15, 0.2) is 12.1 Å². The van der Waals surface area contributed by atoms with E-state index in [-0.39, 0.29) is 6.29 Å². The summed E-state index contributed by atoms with van der Waals surface area (Å²) in [4.78, 5) is 14.3. The molecule has 0 aromatic carbocycles. The third-order valence-corrected chi connectivity index (χ3v) is 5.99. The van der Waals surface area contributed by atoms with E-state index >= 15 is 0 Å². The van der Waals surface area contributed by atoms with Gasteiger partial charge < -0.3 is 25.5 Å². The van der Waals surface area contributed by atoms with Crippen LogP contribution in [0.2, 0.25) is 0 Å². The standard InChI is InChI=1S/C22H26N8O2S/c23-12-15(13-25-9-11-32-20-5-1-2-10-31-20)16-6-7-17(30-24)21(29-16)27-14-19-28-18-4-3-8-26-22(18)33-19/h3-4,6-8,12-13,20,23-25H,1-2,5,9-11,14H2,(H,27,29)/b15-13+,23-12?,30-24?. The van der Waals surface area contributed by atoms with Crippen molar-refractivity contribution >= 4 is 45.0 Å². The van der Waals surface area contributed by atoms with Crippen LogP contribution >= 0.6 is 11.3 Å². The monoisotopic (exact) mass is 466 g/mol. The molecule has 0 bridgehead atoms. The highest BCUT2D eigenvalue weighted by atomic mass is 32.1. The smallest absolute Gasteiger partial charge is 0.157 e. The molecule has 0 saturated carbocycles. The molecule has 11 heteroatoms. The number of aromatic nitrogens is 3. The minimum absolute atomic E-state index is 0.116. The van der Waals surface area contributed by atoms with Crippen molar-refractivity contribution in [2.45, 2.75) is 32.1 Å². The van der Waals surface area contributed by atoms with Crippen LogP contribution in [0.5, 0.6) is 0 Å². The number of allylic oxidation sites excluding steroid dienone is 1. The second-order valence-corrected chi connectivity index (χ2v) is 8.39. The fourth-order valence-electron chi connectivity index (χ4n) is 3.35. The zero-order valence-corrected chi connectivity index (χ0v) is 18.9. The lowest BCUT2D eigenvalue weighted by Crippen LogP contribution is -2.25. The van der Waals surface area contributed by atoms with Crippen LogP contribution in [-0.4, -0.2) is 47.2 Å². The van der Waals surface area contributed by atoms with Gasteiger partial charge in [0.1, 0.15) is 21.0 Å². The van der Waals surface area contributed by atoms with E-state index in [9.17, 15) is 0 Å². The summed E-state index contributed by atoms with van der Waals surface area (Å²) in [5.41, 5.74) is 9.91. The molecule has 3 aromatic rings. The van der Waals surface area contributed by atoms with Gasteiger partial charge in [-0.1, -0.05) is 11.3 Å². The number of hydrogen-bond donors (Lipinski definition) is 4. The number of fused-ring (bicyclic) bond motifs is 1. The summed E-state index contributed by atoms with van der Waals surface area (Å²) in [5, 5.41) is 18.6. The number of rotatable bonds is 11. The van der Waals surface area contributed by atoms with Gasteiger partial charge in [-0.25, -0.2) is 20.5 Å². The Bertz CT molecular complexity index is 1090. The van der Waals surface area contributed by atoms with Crippen molar-refractivity contribution in [1.29, 1.82) is 10.9 Å². The van der Waals surface area contributed by atoms with Crippen molar-refractivity contribution < 1.29 is 9.47 Å². The predicted octanol–water partition coefficient (Wildman–Crippen LogP) is 4.48. The Hall–Kier alpha value is -3.28. The van der Waals surface area contributed by atoms with Gasteiger partial charge in [-0.3, -0.25) is 0 Å². The Labute approximate surface area is 195 Å². The molecule has 4 rings (SSSR count). The second kappa shape index (κ2) is 11.5. The Kier molecular flexibility index (Phi) is 8.01. The first kappa shape index (κ1) is 22.9. The Morgan fingerprint density at radius 2 is 2.24 bits per heavy atom. The summed E-state index contributed by atoms with van der Waals surface area (Å²) in [5.74, 6) is 0.459. The molecular formula is C22H26N8O2S. The predicted molar refractivity (Wildman–Crippen MR) is 128 cm³/mol. The van der Waals surface area contributed by atoms with Crippen LogP contribution < -0.4 is 10.6 Å². The van der Waals surface area contributed by atoms with Crippen molar-refractivity contribution in [3.8, 4) is 0 Å². The zero-order valence-electron chi connectivity index (χ0n) is 18.1. The summed E-state index contributed by atoms with van der Waals surface area (Å²) in [6, 6.07) is 7.23. The van der Waals surface area contributed by atoms with Crippen LogP contribution in [-0.2, 0) is 16.0 Å². The topological polar surface area (TPSA) is 141 Å². The van der Waals surface area contributed by atoms with Gasteiger partial charge in [-0.15, -0.1) is 0 Å². The largest absolute Gasteiger partial charge is 0.388 e. The highest BCUT2D eigenvalue weighted by Crippen LogP contribution is 2.26. The second-order valence-electron chi connectivity index (χ2n) is 7.33. The van der Waals surface area contributed by atoms with Crippen molar-refractivity contribution in [2.24, 2.45) is 5.11 Å². The Balaban J connectivity index is 1.37. The summed E-state index contributed by atoms with van der Waals surface area (Å²) in [7, 11) is 0. The summed E-state index contributed by atoms with van der Waals surface area (Å²) in [6.45, 7) is 2.30. The van der Waals surface area contributed by atoms with Gasteiger partial charge in [0.2, 0.25) is 0 Å². The third kappa shape index (κ3) is 6.15. The van der Waals surface area contributed by atoms with E-state index in [1.807, 2.05) is 12.1 Å². The van der Waals surface area contributed by atoms with Crippen molar-refractivity contribution in [3.63, 3.8) is 0 Å². The maximum Gasteiger partial charge on any atom is 0.157 e. The van der Waals surface area contributed by atoms with Gasteiger partial charge in [-0.05, 0) is 43.5 Å². The summed E-state index contributed by atoms with van der Waals surface area (Å²) in [6.07, 6.45) is 7.76. The fraction of sp³-hybridized carbons (Fsp3) is 0.364. The number of nitrogens with one attached hydrogen (secondary N) is 4. The maximum absolute atomic E-state index is 7.78. The molecule has 0 radical (unpaired) electrons. The number of anilines is 1. The Morgan fingerprint density at radius 3 is 3.03 bits per heavy atom. The van der Waals surface area contributed by atoms with Crippen LogP contribution in [0.4, 0.5) is 11.5 Å². The van der Waals surface area contributed by atoms with E-state index < -0.39 is 0 Å². The van der Waals surface area contributed by atoms with Crippen LogP contribution in [0.25, 0.3) is 15.9 Å². The van der Waals surface area contributed by atoms with Gasteiger partial charge in [0.25, 0.3) is 0 Å². The van der Waals surface area contributed by atoms with E-state index in [2.05, 4.69) is 30.7 Å². The zero-order chi connectivity index (χ0) is 22.9. The molecular weight excluding hydrogens is 440 g/mol. The summed E-state index contributed by atoms with van der Waals surface area (Å²) >= 11 is 1.50. The first-order chi connectivity index (χ1) is 16.3. The highest BCUT2D eigenvalue weighted by molar-refractivity contribution is 7.18. The first-order valence-corrected chi connectivity index (χ1v) is 11.6. The molecule has 10 nitrogen and oxygen atoms in total. The van der Waals surface area contributed by atoms with E-state index in [0.29, 0.717) is 42.5 Å². The minimum Gasteiger partial charge on any atom is -0.388 e. The molecule has 0 aliphatic carbocycles. The van der Waals surface area contributed by atoms with Crippen molar-refractivity contribution in [2.75, 3.05) is 25.1 Å². The van der Waals surface area contributed by atoms with Crippen LogP contribution in [0.15, 0.2) is 41.8 Å². The number of nitrogens with zero attached hydrogens (tertiary/aromatic N) is 4. The van der Waals surface area contributed by atoms with E-state index in [1.54, 1.807) is 24.5 Å². The fourth-order valence-corrected chi connectivity index (χ4v) is 4.19. The summed E-state index contributed by atoms with van der Waals surface area (Å²) < 4.78 is 11.3. The van der Waals surface area contributed by atoms with E-state index in [0.717, 1.165) is 41.2 Å². The van der Waals surface area contributed by atoms with Crippen molar-refractivity contribution in [3.05, 3.63) is 47.4 Å². The van der Waals surface area contributed by atoms with Gasteiger partial charge in [0.05, 0.1) is 18.8 Å². The molecule has 1 saturated heterocycles. The van der Waals surface area contributed by atoms with E-state index in [1.165, 1.54) is 17.6 Å². The molecule has 1 aliphatic rings. The Morgan fingerprint density at radius 1 is 1.30 bits per heavy atom.